The summed E-state index contributed by atoms with van der Waals surface area (Å²) >= 11 is 2.05. The summed E-state index contributed by atoms with van der Waals surface area (Å²) in [5.41, 5.74) is 0.501. The van der Waals surface area contributed by atoms with E-state index in [9.17, 15) is 33.6 Å². The Balaban J connectivity index is 0.000000251. The maximum Gasteiger partial charge on any atom is 0.335 e. The van der Waals surface area contributed by atoms with Crippen LogP contribution in [-0.4, -0.2) is 97.7 Å². The fourth-order valence-corrected chi connectivity index (χ4v) is 4.13. The number of carboxylic acids is 2. The SMILES string of the molecule is CC(CC(=O)N1C(=O)CN(C)C1=O)C(=O)O.CN1C(=O)N(c2ccc(C(=O)O)cc2)C(=O)C1CI. The lowest BCUT2D eigenvalue weighted by atomic mass is 10.1. The summed E-state index contributed by atoms with van der Waals surface area (Å²) < 4.78 is 0.516. The normalized spacial score (nSPS) is 18.6. The van der Waals surface area contributed by atoms with Gasteiger partial charge in [0.25, 0.3) is 11.8 Å². The predicted molar refractivity (Wildman–Crippen MR) is 128 cm³/mol. The summed E-state index contributed by atoms with van der Waals surface area (Å²) in [7, 11) is 2.98. The number of aliphatic carboxylic acids is 1. The zero-order valence-corrected chi connectivity index (χ0v) is 21.2. The number of carbonyl (C=O) groups is 7. The largest absolute Gasteiger partial charge is 0.481 e. The van der Waals surface area contributed by atoms with Gasteiger partial charge in [0.15, 0.2) is 0 Å². The number of imide groups is 4. The van der Waals surface area contributed by atoms with E-state index in [0.717, 1.165) is 9.80 Å². The molecule has 13 nitrogen and oxygen atoms in total. The van der Waals surface area contributed by atoms with Crippen LogP contribution in [0.4, 0.5) is 15.3 Å². The molecule has 1 aromatic carbocycles. The first-order valence-corrected chi connectivity index (χ1v) is 11.7. The second-order valence-electron chi connectivity index (χ2n) is 7.79. The van der Waals surface area contributed by atoms with Crippen LogP contribution in [0.25, 0.3) is 0 Å². The second kappa shape index (κ2) is 11.2. The Kier molecular flexibility index (Phi) is 8.89. The Morgan fingerprint density at radius 3 is 2.00 bits per heavy atom. The molecule has 3 rings (SSSR count). The van der Waals surface area contributed by atoms with E-state index < -0.39 is 47.8 Å². The van der Waals surface area contributed by atoms with E-state index in [1.807, 2.05) is 0 Å². The highest BCUT2D eigenvalue weighted by Crippen LogP contribution is 2.25. The van der Waals surface area contributed by atoms with Gasteiger partial charge < -0.3 is 20.0 Å². The number of urea groups is 2. The molecular formula is C21H23IN4O9. The molecule has 2 unspecified atom stereocenters. The minimum Gasteiger partial charge on any atom is -0.481 e. The van der Waals surface area contributed by atoms with Crippen molar-refractivity contribution in [3.05, 3.63) is 29.8 Å². The standard InChI is InChI=1S/C12H11IN2O4.C9H12N2O5/c1-14-9(6-13)10(16)15(12(14)19)8-4-2-7(3-5-8)11(17)18;1-5(8(14)15)3-6(12)11-7(13)4-10(2)9(11)16/h2-5,9H,6H2,1H3,(H,17,18);5H,3-4H2,1-2H3,(H,14,15). The monoisotopic (exact) mass is 602 g/mol. The predicted octanol–water partition coefficient (Wildman–Crippen LogP) is 1.10. The van der Waals surface area contributed by atoms with E-state index in [2.05, 4.69) is 22.6 Å². The number of hydrogen-bond donors (Lipinski definition) is 2. The molecule has 0 aromatic heterocycles. The minimum absolute atomic E-state index is 0.113. The summed E-state index contributed by atoms with van der Waals surface area (Å²) in [6, 6.07) is 4.10. The van der Waals surface area contributed by atoms with Gasteiger partial charge in [0.2, 0.25) is 5.91 Å². The average Bonchev–Trinajstić information content (AvgIpc) is 3.17. The highest BCUT2D eigenvalue weighted by Gasteiger charge is 2.43. The summed E-state index contributed by atoms with van der Waals surface area (Å²) in [5, 5.41) is 17.4. The number of anilines is 1. The quantitative estimate of drug-likeness (QED) is 0.275. The third kappa shape index (κ3) is 5.93. The van der Waals surface area contributed by atoms with Gasteiger partial charge in [-0.3, -0.25) is 19.2 Å². The molecule has 7 amide bonds. The van der Waals surface area contributed by atoms with Gasteiger partial charge in [-0.2, -0.15) is 4.90 Å². The van der Waals surface area contributed by atoms with E-state index in [1.165, 1.54) is 43.1 Å². The van der Waals surface area contributed by atoms with Crippen LogP contribution in [-0.2, 0) is 19.2 Å². The fourth-order valence-electron chi connectivity index (χ4n) is 3.17. The van der Waals surface area contributed by atoms with E-state index in [4.69, 9.17) is 10.2 Å². The molecule has 2 heterocycles. The summed E-state index contributed by atoms with van der Waals surface area (Å²) in [6.45, 7) is 1.20. The van der Waals surface area contributed by atoms with Crippen LogP contribution in [0, 0.1) is 5.92 Å². The average molecular weight is 602 g/mol. The lowest BCUT2D eigenvalue weighted by Gasteiger charge is -2.14. The fraction of sp³-hybridized carbons (Fsp3) is 0.381. The lowest BCUT2D eigenvalue weighted by Crippen LogP contribution is -2.38. The van der Waals surface area contributed by atoms with Gasteiger partial charge in [0.1, 0.15) is 12.6 Å². The molecule has 2 aliphatic heterocycles. The second-order valence-corrected chi connectivity index (χ2v) is 8.67. The molecule has 0 aliphatic carbocycles. The molecular weight excluding hydrogens is 579 g/mol. The molecule has 188 valence electrons. The summed E-state index contributed by atoms with van der Waals surface area (Å²) in [4.78, 5) is 83.7. The van der Waals surface area contributed by atoms with Gasteiger partial charge in [0.05, 0.1) is 17.2 Å². The number of rotatable bonds is 6. The van der Waals surface area contributed by atoms with Crippen LogP contribution in [0.5, 0.6) is 0 Å². The van der Waals surface area contributed by atoms with Crippen molar-refractivity contribution in [2.45, 2.75) is 19.4 Å². The maximum absolute atomic E-state index is 12.1. The van der Waals surface area contributed by atoms with E-state index >= 15 is 0 Å². The van der Waals surface area contributed by atoms with E-state index in [1.54, 1.807) is 7.05 Å². The van der Waals surface area contributed by atoms with Crippen LogP contribution in [0.15, 0.2) is 24.3 Å². The summed E-state index contributed by atoms with van der Waals surface area (Å²) in [6.07, 6.45) is -0.360. The summed E-state index contributed by atoms with van der Waals surface area (Å²) in [5.74, 6) is -4.78. The number of carboxylic acid groups (broad SMARTS) is 2. The van der Waals surface area contributed by atoms with Gasteiger partial charge in [-0.25, -0.2) is 19.3 Å². The maximum atomic E-state index is 12.1. The van der Waals surface area contributed by atoms with Gasteiger partial charge >= 0.3 is 24.0 Å². The molecule has 0 saturated carbocycles. The van der Waals surface area contributed by atoms with Crippen molar-refractivity contribution in [3.8, 4) is 0 Å². The smallest absolute Gasteiger partial charge is 0.335 e. The minimum atomic E-state index is -1.14. The molecule has 1 aromatic rings. The van der Waals surface area contributed by atoms with Crippen molar-refractivity contribution in [2.75, 3.05) is 30.0 Å². The molecule has 2 aliphatic rings. The number of alkyl halides is 1. The zero-order chi connectivity index (χ0) is 26.6. The molecule has 0 radical (unpaired) electrons. The first-order chi connectivity index (χ1) is 16.3. The van der Waals surface area contributed by atoms with Crippen molar-refractivity contribution in [3.63, 3.8) is 0 Å². The van der Waals surface area contributed by atoms with Crippen LogP contribution >= 0.6 is 22.6 Å². The Morgan fingerprint density at radius 2 is 1.60 bits per heavy atom. The molecule has 2 fully saturated rings. The van der Waals surface area contributed by atoms with Gasteiger partial charge in [-0.05, 0) is 24.3 Å². The van der Waals surface area contributed by atoms with Crippen LogP contribution in [0.1, 0.15) is 23.7 Å². The Labute approximate surface area is 213 Å². The third-order valence-electron chi connectivity index (χ3n) is 5.28. The van der Waals surface area contributed by atoms with Crippen molar-refractivity contribution in [1.82, 2.24) is 14.7 Å². The molecule has 35 heavy (non-hydrogen) atoms. The first kappa shape index (κ1) is 27.7. The number of hydrogen-bond acceptors (Lipinski definition) is 7. The van der Waals surface area contributed by atoms with Crippen molar-refractivity contribution < 1.29 is 43.8 Å². The lowest BCUT2D eigenvalue weighted by molar-refractivity contribution is -0.146. The van der Waals surface area contributed by atoms with Gasteiger partial charge in [-0.15, -0.1) is 0 Å². The molecule has 2 saturated heterocycles. The Bertz CT molecular complexity index is 1080. The number of amides is 7. The van der Waals surface area contributed by atoms with Crippen molar-refractivity contribution >= 4 is 70.0 Å². The van der Waals surface area contributed by atoms with Crippen LogP contribution in [0.3, 0.4) is 0 Å². The number of carbonyl (C=O) groups excluding carboxylic acids is 5. The molecule has 14 heteroatoms. The highest BCUT2D eigenvalue weighted by molar-refractivity contribution is 14.1. The number of benzene rings is 1. The van der Waals surface area contributed by atoms with Gasteiger partial charge in [0, 0.05) is 24.9 Å². The topological polar surface area (TPSA) is 173 Å². The van der Waals surface area contributed by atoms with Gasteiger partial charge in [-0.1, -0.05) is 29.5 Å². The molecule has 0 bridgehead atoms. The van der Waals surface area contributed by atoms with E-state index in [-0.39, 0.29) is 24.4 Å². The third-order valence-corrected chi connectivity index (χ3v) is 6.11. The van der Waals surface area contributed by atoms with Crippen LogP contribution < -0.4 is 4.90 Å². The number of aromatic carboxylic acids is 1. The number of halogens is 1. The molecule has 2 atom stereocenters. The van der Waals surface area contributed by atoms with Crippen molar-refractivity contribution in [1.29, 1.82) is 0 Å². The molecule has 0 spiro atoms. The zero-order valence-electron chi connectivity index (χ0n) is 19.0. The van der Waals surface area contributed by atoms with Crippen LogP contribution in [0.2, 0.25) is 0 Å². The van der Waals surface area contributed by atoms with Crippen molar-refractivity contribution in [2.24, 2.45) is 5.92 Å². The first-order valence-electron chi connectivity index (χ1n) is 10.2. The Hall–Kier alpha value is -3.56. The highest BCUT2D eigenvalue weighted by atomic mass is 127. The number of likely N-dealkylation sites (N-methyl/N-ethyl adjacent to an activating group) is 2. The van der Waals surface area contributed by atoms with E-state index in [0.29, 0.717) is 15.0 Å². The number of nitrogens with zero attached hydrogens (tertiary/aromatic N) is 4. The molecule has 2 N–H and O–H groups in total. The Morgan fingerprint density at radius 1 is 1.03 bits per heavy atom.